The first-order chi connectivity index (χ1) is 10.1. The number of aromatic carboxylic acids is 1. The number of hydrogen-bond donors (Lipinski definition) is 1. The van der Waals surface area contributed by atoms with Crippen LogP contribution < -0.4 is 10.4 Å². The summed E-state index contributed by atoms with van der Waals surface area (Å²) in [5.41, 5.74) is 1.46. The zero-order valence-corrected chi connectivity index (χ0v) is 13.3. The van der Waals surface area contributed by atoms with Crippen LogP contribution in [-0.4, -0.2) is 11.9 Å². The Morgan fingerprint density at radius 3 is 2.57 bits per heavy atom. The third-order valence-electron chi connectivity index (χ3n) is 3.46. The fourth-order valence-electron chi connectivity index (χ4n) is 2.48. The van der Waals surface area contributed by atoms with Crippen LogP contribution >= 0.6 is 27.3 Å². The number of hydrogen-bond acceptors (Lipinski definition) is 4. The lowest BCUT2D eigenvalue weighted by atomic mass is 10.1. The molecule has 1 amide bonds. The largest absolute Gasteiger partial charge is 0.545 e. The molecule has 1 aliphatic rings. The smallest absolute Gasteiger partial charge is 0.256 e. The van der Waals surface area contributed by atoms with Crippen LogP contribution in [0.2, 0.25) is 0 Å². The Balaban J connectivity index is 1.90. The van der Waals surface area contributed by atoms with E-state index in [0.29, 0.717) is 10.6 Å². The molecule has 4 nitrogen and oxygen atoms in total. The summed E-state index contributed by atoms with van der Waals surface area (Å²) in [7, 11) is 0. The number of anilines is 1. The van der Waals surface area contributed by atoms with Gasteiger partial charge in [-0.25, -0.2) is 0 Å². The lowest BCUT2D eigenvalue weighted by Gasteiger charge is -2.09. The van der Waals surface area contributed by atoms with Gasteiger partial charge in [0.05, 0.1) is 5.97 Å². The first-order valence-corrected chi connectivity index (χ1v) is 8.10. The molecule has 0 atom stereocenters. The van der Waals surface area contributed by atoms with E-state index >= 15 is 0 Å². The Morgan fingerprint density at radius 1 is 1.19 bits per heavy atom. The summed E-state index contributed by atoms with van der Waals surface area (Å²) in [6.45, 7) is 0. The van der Waals surface area contributed by atoms with Crippen molar-refractivity contribution in [3.05, 3.63) is 50.3 Å². The van der Waals surface area contributed by atoms with Crippen molar-refractivity contribution in [1.29, 1.82) is 0 Å². The van der Waals surface area contributed by atoms with E-state index in [1.54, 1.807) is 24.3 Å². The van der Waals surface area contributed by atoms with E-state index < -0.39 is 5.97 Å². The van der Waals surface area contributed by atoms with E-state index in [1.807, 2.05) is 0 Å². The highest BCUT2D eigenvalue weighted by Crippen LogP contribution is 2.38. The Morgan fingerprint density at radius 2 is 1.90 bits per heavy atom. The molecule has 1 aliphatic carbocycles. The number of rotatable bonds is 3. The molecule has 108 valence electrons. The van der Waals surface area contributed by atoms with Crippen molar-refractivity contribution in [2.75, 3.05) is 5.32 Å². The predicted octanol–water partition coefficient (Wildman–Crippen LogP) is 2.62. The first kappa shape index (κ1) is 14.3. The van der Waals surface area contributed by atoms with Crippen LogP contribution in [-0.2, 0) is 12.8 Å². The number of carbonyl (C=O) groups is 2. The molecule has 3 rings (SSSR count). The normalized spacial score (nSPS) is 13.0. The standard InChI is InChI=1S/C15H12BrNO3S/c16-9-6-4-8(5-7-9)13(18)17-14-12(15(19)20)10-2-1-3-11(10)21-14/h4-7H,1-3H2,(H,17,18)(H,19,20)/p-1. The zero-order chi connectivity index (χ0) is 15.0. The number of carboxylic acids is 1. The molecule has 6 heteroatoms. The van der Waals surface area contributed by atoms with Crippen LogP contribution in [0.4, 0.5) is 5.00 Å². The quantitative estimate of drug-likeness (QED) is 0.909. The van der Waals surface area contributed by atoms with Gasteiger partial charge in [-0.1, -0.05) is 15.9 Å². The third-order valence-corrected chi connectivity index (χ3v) is 5.19. The number of carboxylic acid groups (broad SMARTS) is 1. The number of thiophene rings is 1. The van der Waals surface area contributed by atoms with E-state index in [9.17, 15) is 14.7 Å². The number of carbonyl (C=O) groups excluding carboxylic acids is 2. The van der Waals surface area contributed by atoms with Crippen molar-refractivity contribution in [2.24, 2.45) is 0 Å². The second kappa shape index (κ2) is 5.61. The molecule has 1 aromatic heterocycles. The van der Waals surface area contributed by atoms with Crippen LogP contribution in [0.25, 0.3) is 0 Å². The maximum absolute atomic E-state index is 12.2. The maximum atomic E-state index is 12.2. The fraction of sp³-hybridized carbons (Fsp3) is 0.200. The van der Waals surface area contributed by atoms with Gasteiger partial charge in [-0.05, 0) is 49.1 Å². The fourth-order valence-corrected chi connectivity index (χ4v) is 4.02. The van der Waals surface area contributed by atoms with Crippen LogP contribution in [0.3, 0.4) is 0 Å². The van der Waals surface area contributed by atoms with Gasteiger partial charge in [0.2, 0.25) is 0 Å². The van der Waals surface area contributed by atoms with Crippen LogP contribution in [0.5, 0.6) is 0 Å². The van der Waals surface area contributed by atoms with Gasteiger partial charge in [0, 0.05) is 20.5 Å². The molecule has 0 unspecified atom stereocenters. The maximum Gasteiger partial charge on any atom is 0.256 e. The van der Waals surface area contributed by atoms with Crippen molar-refractivity contribution >= 4 is 44.1 Å². The number of amides is 1. The van der Waals surface area contributed by atoms with Gasteiger partial charge in [-0.2, -0.15) is 0 Å². The molecule has 2 aromatic rings. The Kier molecular flexibility index (Phi) is 3.82. The van der Waals surface area contributed by atoms with Crippen molar-refractivity contribution in [2.45, 2.75) is 19.3 Å². The van der Waals surface area contributed by atoms with Crippen LogP contribution in [0.1, 0.15) is 37.6 Å². The van der Waals surface area contributed by atoms with Crippen LogP contribution in [0, 0.1) is 0 Å². The van der Waals surface area contributed by atoms with Gasteiger partial charge in [0.15, 0.2) is 0 Å². The molecule has 0 fully saturated rings. The number of halogens is 1. The van der Waals surface area contributed by atoms with E-state index in [2.05, 4.69) is 21.2 Å². The summed E-state index contributed by atoms with van der Waals surface area (Å²) in [5.74, 6) is -1.54. The summed E-state index contributed by atoms with van der Waals surface area (Å²) in [6.07, 6.45) is 2.57. The van der Waals surface area contributed by atoms with Crippen molar-refractivity contribution in [3.63, 3.8) is 0 Å². The molecule has 1 aromatic carbocycles. The van der Waals surface area contributed by atoms with Crippen LogP contribution in [0.15, 0.2) is 28.7 Å². The molecule has 0 saturated carbocycles. The lowest BCUT2D eigenvalue weighted by Crippen LogP contribution is -2.25. The van der Waals surface area contributed by atoms with E-state index in [-0.39, 0.29) is 11.5 Å². The number of nitrogens with one attached hydrogen (secondary N) is 1. The molecule has 21 heavy (non-hydrogen) atoms. The van der Waals surface area contributed by atoms with Gasteiger partial charge in [-0.3, -0.25) is 4.79 Å². The van der Waals surface area contributed by atoms with Crippen molar-refractivity contribution < 1.29 is 14.7 Å². The number of benzene rings is 1. The number of aryl methyl sites for hydroxylation is 1. The Hall–Kier alpha value is -1.66. The summed E-state index contributed by atoms with van der Waals surface area (Å²) < 4.78 is 0.879. The van der Waals surface area contributed by atoms with E-state index in [4.69, 9.17) is 0 Å². The average molecular weight is 365 g/mol. The highest BCUT2D eigenvalue weighted by molar-refractivity contribution is 9.10. The van der Waals surface area contributed by atoms with Crippen molar-refractivity contribution in [1.82, 2.24) is 0 Å². The minimum Gasteiger partial charge on any atom is -0.545 e. The van der Waals surface area contributed by atoms with E-state index in [1.165, 1.54) is 11.3 Å². The lowest BCUT2D eigenvalue weighted by molar-refractivity contribution is -0.254. The summed E-state index contributed by atoms with van der Waals surface area (Å²) in [4.78, 5) is 24.6. The highest BCUT2D eigenvalue weighted by atomic mass is 79.9. The zero-order valence-electron chi connectivity index (χ0n) is 10.9. The Bertz CT molecular complexity index is 721. The monoisotopic (exact) mass is 364 g/mol. The second-order valence-corrected chi connectivity index (χ2v) is 6.83. The minimum atomic E-state index is -1.22. The molecule has 1 heterocycles. The number of fused-ring (bicyclic) bond motifs is 1. The van der Waals surface area contributed by atoms with Gasteiger partial charge in [0.25, 0.3) is 5.91 Å². The SMILES string of the molecule is O=C(Nc1sc2c(c1C(=O)[O-])CCC2)c1ccc(Br)cc1. The summed E-state index contributed by atoms with van der Waals surface area (Å²) in [6, 6.07) is 6.89. The van der Waals surface area contributed by atoms with E-state index in [0.717, 1.165) is 34.2 Å². The highest BCUT2D eigenvalue weighted by Gasteiger charge is 2.23. The minimum absolute atomic E-state index is 0.151. The molecule has 1 N–H and O–H groups in total. The molecular formula is C15H11BrNO3S-. The van der Waals surface area contributed by atoms with Gasteiger partial charge < -0.3 is 15.2 Å². The molecular weight excluding hydrogens is 354 g/mol. The Labute approximate surface area is 133 Å². The molecule has 0 radical (unpaired) electrons. The van der Waals surface area contributed by atoms with Gasteiger partial charge in [0.1, 0.15) is 5.00 Å². The van der Waals surface area contributed by atoms with Gasteiger partial charge in [-0.15, -0.1) is 11.3 Å². The topological polar surface area (TPSA) is 69.2 Å². The van der Waals surface area contributed by atoms with Gasteiger partial charge >= 0.3 is 0 Å². The second-order valence-electron chi connectivity index (χ2n) is 4.81. The molecule has 0 saturated heterocycles. The molecule has 0 bridgehead atoms. The summed E-state index contributed by atoms with van der Waals surface area (Å²) in [5, 5.41) is 14.4. The molecule has 0 spiro atoms. The third kappa shape index (κ3) is 2.73. The first-order valence-electron chi connectivity index (χ1n) is 6.49. The predicted molar refractivity (Wildman–Crippen MR) is 82.8 cm³/mol. The average Bonchev–Trinajstić information content (AvgIpc) is 2.98. The van der Waals surface area contributed by atoms with Crippen molar-refractivity contribution in [3.8, 4) is 0 Å². The summed E-state index contributed by atoms with van der Waals surface area (Å²) >= 11 is 4.65. The molecule has 0 aliphatic heterocycles.